The van der Waals surface area contributed by atoms with Crippen LogP contribution < -0.4 is 10.1 Å². The van der Waals surface area contributed by atoms with Crippen molar-refractivity contribution in [3.05, 3.63) is 52.7 Å². The summed E-state index contributed by atoms with van der Waals surface area (Å²) >= 11 is 0. The zero-order chi connectivity index (χ0) is 15.4. The van der Waals surface area contributed by atoms with E-state index in [4.69, 9.17) is 4.74 Å². The van der Waals surface area contributed by atoms with Crippen molar-refractivity contribution in [2.24, 2.45) is 0 Å². The molecule has 0 radical (unpaired) electrons. The number of hydrogen-bond acceptors (Lipinski definition) is 3. The van der Waals surface area contributed by atoms with E-state index in [0.717, 1.165) is 23.6 Å². The van der Waals surface area contributed by atoms with Crippen LogP contribution in [0.1, 0.15) is 36.2 Å². The van der Waals surface area contributed by atoms with Gasteiger partial charge < -0.3 is 10.1 Å². The lowest BCUT2D eigenvalue weighted by molar-refractivity contribution is 0.456. The molecule has 0 aliphatic carbocycles. The number of hydrogen-bond donors (Lipinski definition) is 1. The predicted octanol–water partition coefficient (Wildman–Crippen LogP) is 4.30. The molecule has 1 aromatic carbocycles. The summed E-state index contributed by atoms with van der Waals surface area (Å²) in [6.07, 6.45) is 0. The lowest BCUT2D eigenvalue weighted by Gasteiger charge is -2.12. The van der Waals surface area contributed by atoms with Crippen molar-refractivity contribution in [3.8, 4) is 11.6 Å². The summed E-state index contributed by atoms with van der Waals surface area (Å²) in [6.45, 7) is 11.2. The molecule has 0 amide bonds. The third kappa shape index (κ3) is 4.57. The zero-order valence-electron chi connectivity index (χ0n) is 13.5. The van der Waals surface area contributed by atoms with Crippen LogP contribution in [0.4, 0.5) is 0 Å². The Morgan fingerprint density at radius 1 is 1.10 bits per heavy atom. The van der Waals surface area contributed by atoms with Crippen LogP contribution in [0, 0.1) is 20.8 Å². The fourth-order valence-corrected chi connectivity index (χ4v) is 2.11. The molecule has 0 spiro atoms. The summed E-state index contributed by atoms with van der Waals surface area (Å²) in [7, 11) is 0. The minimum absolute atomic E-state index is 0.460. The largest absolute Gasteiger partial charge is 0.439 e. The van der Waals surface area contributed by atoms with E-state index < -0.39 is 0 Å². The minimum atomic E-state index is 0.460. The Hall–Kier alpha value is -1.87. The first-order chi connectivity index (χ1) is 9.94. The summed E-state index contributed by atoms with van der Waals surface area (Å²) in [5.74, 6) is 1.53. The van der Waals surface area contributed by atoms with Gasteiger partial charge in [-0.1, -0.05) is 26.0 Å². The van der Waals surface area contributed by atoms with Gasteiger partial charge in [0.15, 0.2) is 0 Å². The lowest BCUT2D eigenvalue weighted by Crippen LogP contribution is -2.21. The summed E-state index contributed by atoms with van der Waals surface area (Å²) in [5, 5.41) is 3.42. The minimum Gasteiger partial charge on any atom is -0.439 e. The molecule has 112 valence electrons. The summed E-state index contributed by atoms with van der Waals surface area (Å²) < 4.78 is 5.98. The van der Waals surface area contributed by atoms with E-state index >= 15 is 0 Å². The van der Waals surface area contributed by atoms with Crippen LogP contribution in [-0.4, -0.2) is 11.0 Å². The molecular weight excluding hydrogens is 260 g/mol. The Morgan fingerprint density at radius 3 is 2.57 bits per heavy atom. The molecule has 21 heavy (non-hydrogen) atoms. The Balaban J connectivity index is 2.21. The molecule has 3 nitrogen and oxygen atoms in total. The number of aromatic nitrogens is 1. The van der Waals surface area contributed by atoms with Gasteiger partial charge in [-0.3, -0.25) is 0 Å². The van der Waals surface area contributed by atoms with Gasteiger partial charge in [0.2, 0.25) is 5.88 Å². The highest BCUT2D eigenvalue weighted by atomic mass is 16.5. The van der Waals surface area contributed by atoms with Crippen LogP contribution in [-0.2, 0) is 6.54 Å². The second-order valence-corrected chi connectivity index (χ2v) is 5.86. The standard InChI is InChI=1S/C18H24N2O/c1-12(2)19-11-16-9-15(5)20-18(10-16)21-17-8-13(3)6-7-14(17)4/h6-10,12,19H,11H2,1-5H3. The predicted molar refractivity (Wildman–Crippen MR) is 86.9 cm³/mol. The average molecular weight is 284 g/mol. The molecule has 1 aromatic heterocycles. The molecule has 3 heteroatoms. The van der Waals surface area contributed by atoms with Crippen LogP contribution >= 0.6 is 0 Å². The highest BCUT2D eigenvalue weighted by Gasteiger charge is 2.06. The topological polar surface area (TPSA) is 34.1 Å². The maximum Gasteiger partial charge on any atom is 0.219 e. The Morgan fingerprint density at radius 2 is 1.86 bits per heavy atom. The van der Waals surface area contributed by atoms with Gasteiger partial charge in [-0.15, -0.1) is 0 Å². The van der Waals surface area contributed by atoms with Gasteiger partial charge in [-0.05, 0) is 49.6 Å². The monoisotopic (exact) mass is 284 g/mol. The quantitative estimate of drug-likeness (QED) is 0.889. The number of nitrogens with zero attached hydrogens (tertiary/aromatic N) is 1. The van der Waals surface area contributed by atoms with Crippen molar-refractivity contribution in [1.29, 1.82) is 0 Å². The fraction of sp³-hybridized carbons (Fsp3) is 0.389. The molecule has 0 saturated carbocycles. The summed E-state index contributed by atoms with van der Waals surface area (Å²) in [4.78, 5) is 4.48. The molecule has 1 heterocycles. The smallest absolute Gasteiger partial charge is 0.219 e. The molecule has 2 rings (SSSR count). The van der Waals surface area contributed by atoms with E-state index in [2.05, 4.69) is 49.3 Å². The van der Waals surface area contributed by atoms with Crippen LogP contribution in [0.3, 0.4) is 0 Å². The zero-order valence-corrected chi connectivity index (χ0v) is 13.5. The number of ether oxygens (including phenoxy) is 1. The highest BCUT2D eigenvalue weighted by molar-refractivity contribution is 5.39. The molecule has 2 aromatic rings. The number of nitrogens with one attached hydrogen (secondary N) is 1. The summed E-state index contributed by atoms with van der Waals surface area (Å²) in [5.41, 5.74) is 4.46. The third-order valence-corrected chi connectivity index (χ3v) is 3.26. The maximum atomic E-state index is 5.98. The van der Waals surface area contributed by atoms with Gasteiger partial charge in [0.1, 0.15) is 5.75 Å². The third-order valence-electron chi connectivity index (χ3n) is 3.26. The van der Waals surface area contributed by atoms with E-state index in [1.807, 2.05) is 26.0 Å². The average Bonchev–Trinajstić information content (AvgIpc) is 2.40. The highest BCUT2D eigenvalue weighted by Crippen LogP contribution is 2.25. The first-order valence-corrected chi connectivity index (χ1v) is 7.40. The number of pyridine rings is 1. The lowest BCUT2D eigenvalue weighted by atomic mass is 10.1. The van der Waals surface area contributed by atoms with Crippen LogP contribution in [0.15, 0.2) is 30.3 Å². The van der Waals surface area contributed by atoms with Crippen LogP contribution in [0.5, 0.6) is 11.6 Å². The van der Waals surface area contributed by atoms with Crippen molar-refractivity contribution in [2.75, 3.05) is 0 Å². The maximum absolute atomic E-state index is 5.98. The van der Waals surface area contributed by atoms with E-state index in [-0.39, 0.29) is 0 Å². The first kappa shape index (κ1) is 15.5. The van der Waals surface area contributed by atoms with E-state index in [9.17, 15) is 0 Å². The van der Waals surface area contributed by atoms with Crippen molar-refractivity contribution in [1.82, 2.24) is 10.3 Å². The Labute approximate surface area is 127 Å². The van der Waals surface area contributed by atoms with Gasteiger partial charge >= 0.3 is 0 Å². The SMILES string of the molecule is Cc1ccc(C)c(Oc2cc(CNC(C)C)cc(C)n2)c1. The second kappa shape index (κ2) is 6.72. The Bertz CT molecular complexity index is 621. The van der Waals surface area contributed by atoms with Crippen molar-refractivity contribution >= 4 is 0 Å². The molecule has 0 fully saturated rings. The van der Waals surface area contributed by atoms with Crippen LogP contribution in [0.25, 0.3) is 0 Å². The molecule has 0 saturated heterocycles. The number of rotatable bonds is 5. The molecule has 0 aliphatic heterocycles. The molecule has 1 N–H and O–H groups in total. The normalized spacial score (nSPS) is 11.0. The number of aryl methyl sites for hydroxylation is 3. The molecular formula is C18H24N2O. The van der Waals surface area contributed by atoms with Gasteiger partial charge in [-0.2, -0.15) is 0 Å². The molecule has 0 atom stereocenters. The van der Waals surface area contributed by atoms with E-state index in [0.29, 0.717) is 11.9 Å². The van der Waals surface area contributed by atoms with Crippen molar-refractivity contribution in [3.63, 3.8) is 0 Å². The van der Waals surface area contributed by atoms with E-state index in [1.165, 1.54) is 11.1 Å². The molecule has 0 bridgehead atoms. The van der Waals surface area contributed by atoms with Gasteiger partial charge in [0.25, 0.3) is 0 Å². The fourth-order valence-electron chi connectivity index (χ4n) is 2.11. The second-order valence-electron chi connectivity index (χ2n) is 5.86. The summed E-state index contributed by atoms with van der Waals surface area (Å²) in [6, 6.07) is 10.8. The van der Waals surface area contributed by atoms with Gasteiger partial charge in [0.05, 0.1) is 0 Å². The van der Waals surface area contributed by atoms with Gasteiger partial charge in [-0.25, -0.2) is 4.98 Å². The van der Waals surface area contributed by atoms with Gasteiger partial charge in [0, 0.05) is 24.3 Å². The first-order valence-electron chi connectivity index (χ1n) is 7.40. The molecule has 0 aliphatic rings. The van der Waals surface area contributed by atoms with Crippen molar-refractivity contribution in [2.45, 2.75) is 47.2 Å². The number of benzene rings is 1. The van der Waals surface area contributed by atoms with E-state index in [1.54, 1.807) is 0 Å². The van der Waals surface area contributed by atoms with Crippen LogP contribution in [0.2, 0.25) is 0 Å². The van der Waals surface area contributed by atoms with Crippen molar-refractivity contribution < 1.29 is 4.74 Å². The molecule has 0 unspecified atom stereocenters. The Kier molecular flexibility index (Phi) is 4.97.